The van der Waals surface area contributed by atoms with E-state index < -0.39 is 0 Å². The van der Waals surface area contributed by atoms with Crippen molar-refractivity contribution in [1.29, 1.82) is 0 Å². The lowest BCUT2D eigenvalue weighted by Crippen LogP contribution is -1.87. The fraction of sp³-hybridized carbons (Fsp3) is 0. The largest absolute Gasteiger partial charge is 0.384 e. The topological polar surface area (TPSA) is 67.6 Å². The van der Waals surface area contributed by atoms with Gasteiger partial charge in [0.05, 0.1) is 5.39 Å². The Balaban J connectivity index is 2.24. The molecule has 0 radical (unpaired) electrons. The highest BCUT2D eigenvalue weighted by Gasteiger charge is 2.08. The molecule has 0 bridgehead atoms. The number of hydrogen-bond donors (Lipinski definition) is 2. The van der Waals surface area contributed by atoms with Gasteiger partial charge in [-0.2, -0.15) is 5.10 Å². The summed E-state index contributed by atoms with van der Waals surface area (Å²) in [7, 11) is 0. The Morgan fingerprint density at radius 3 is 2.88 bits per heavy atom. The normalized spacial score (nSPS) is 10.9. The first kappa shape index (κ1) is 9.77. The summed E-state index contributed by atoms with van der Waals surface area (Å²) >= 11 is 0. The number of nitrogens with two attached hydrogens (primary N) is 1. The molecule has 0 amide bonds. The molecule has 0 saturated heterocycles. The van der Waals surface area contributed by atoms with Crippen molar-refractivity contribution >= 4 is 16.9 Å². The first-order valence-corrected chi connectivity index (χ1v) is 5.10. The number of anilines is 1. The number of fused-ring (bicyclic) bond motifs is 1. The molecule has 0 aliphatic carbocycles. The average Bonchev–Trinajstić information content (AvgIpc) is 2.71. The number of aromatic amines is 1. The van der Waals surface area contributed by atoms with E-state index in [0.717, 1.165) is 0 Å². The molecule has 0 aliphatic rings. The van der Waals surface area contributed by atoms with E-state index in [2.05, 4.69) is 15.2 Å². The summed E-state index contributed by atoms with van der Waals surface area (Å²) in [5, 5.41) is 7.26. The highest BCUT2D eigenvalue weighted by molar-refractivity contribution is 5.89. The summed E-state index contributed by atoms with van der Waals surface area (Å²) in [6.07, 6.45) is 1.58. The van der Waals surface area contributed by atoms with E-state index in [4.69, 9.17) is 5.73 Å². The van der Waals surface area contributed by atoms with Crippen LogP contribution in [0.2, 0.25) is 0 Å². The third-order valence-corrected chi connectivity index (χ3v) is 2.62. The summed E-state index contributed by atoms with van der Waals surface area (Å²) < 4.78 is 13.6. The zero-order chi connectivity index (χ0) is 11.8. The third-order valence-electron chi connectivity index (χ3n) is 2.62. The molecule has 0 atom stereocenters. The Bertz CT molecular complexity index is 690. The van der Waals surface area contributed by atoms with Gasteiger partial charge in [0.15, 0.2) is 5.65 Å². The Kier molecular flexibility index (Phi) is 2.04. The number of nitrogens with zero attached hydrogens (tertiary/aromatic N) is 2. The standard InChI is InChI=1S/C12H9FN4/c13-10-4-2-1-3-8(10)7-5-9-11(14)16-17-12(9)15-6-7/h1-6H,(H3,14,15,16,17). The molecule has 2 aromatic heterocycles. The van der Waals surface area contributed by atoms with Gasteiger partial charge in [-0.05, 0) is 12.1 Å². The fourth-order valence-corrected chi connectivity index (χ4v) is 1.76. The number of aromatic nitrogens is 3. The van der Waals surface area contributed by atoms with Gasteiger partial charge in [-0.1, -0.05) is 18.2 Å². The lowest BCUT2D eigenvalue weighted by molar-refractivity contribution is 0.631. The van der Waals surface area contributed by atoms with Crippen LogP contribution in [0.1, 0.15) is 0 Å². The average molecular weight is 228 g/mol. The first-order valence-electron chi connectivity index (χ1n) is 5.10. The molecule has 0 fully saturated rings. The third kappa shape index (κ3) is 1.52. The van der Waals surface area contributed by atoms with Crippen LogP contribution in [0, 0.1) is 5.82 Å². The van der Waals surface area contributed by atoms with E-state index in [1.807, 2.05) is 0 Å². The van der Waals surface area contributed by atoms with Crippen LogP contribution in [-0.2, 0) is 0 Å². The predicted molar refractivity (Wildman–Crippen MR) is 63.7 cm³/mol. The highest BCUT2D eigenvalue weighted by atomic mass is 19.1. The van der Waals surface area contributed by atoms with Crippen molar-refractivity contribution in [3.05, 3.63) is 42.3 Å². The van der Waals surface area contributed by atoms with Crippen LogP contribution < -0.4 is 5.73 Å². The second kappa shape index (κ2) is 3.55. The van der Waals surface area contributed by atoms with Crippen molar-refractivity contribution in [3.8, 4) is 11.1 Å². The summed E-state index contributed by atoms with van der Waals surface area (Å²) in [6.45, 7) is 0. The monoisotopic (exact) mass is 228 g/mol. The van der Waals surface area contributed by atoms with Gasteiger partial charge in [0, 0.05) is 17.3 Å². The van der Waals surface area contributed by atoms with Crippen molar-refractivity contribution in [3.63, 3.8) is 0 Å². The minimum Gasteiger partial charge on any atom is -0.384 e. The number of halogens is 1. The maximum atomic E-state index is 13.6. The molecule has 2 heterocycles. The summed E-state index contributed by atoms with van der Waals surface area (Å²) in [4.78, 5) is 4.13. The molecule has 4 nitrogen and oxygen atoms in total. The molecule has 1 aromatic carbocycles. The Labute approximate surface area is 96.3 Å². The second-order valence-electron chi connectivity index (χ2n) is 3.71. The number of pyridine rings is 1. The van der Waals surface area contributed by atoms with E-state index in [0.29, 0.717) is 28.0 Å². The van der Waals surface area contributed by atoms with Crippen LogP contribution in [0.15, 0.2) is 36.5 Å². The van der Waals surface area contributed by atoms with E-state index in [9.17, 15) is 4.39 Å². The minimum absolute atomic E-state index is 0.282. The van der Waals surface area contributed by atoms with E-state index in [1.54, 1.807) is 30.5 Å². The number of rotatable bonds is 1. The van der Waals surface area contributed by atoms with Gasteiger partial charge in [-0.15, -0.1) is 0 Å². The summed E-state index contributed by atoms with van der Waals surface area (Å²) in [5.74, 6) is 0.154. The smallest absolute Gasteiger partial charge is 0.183 e. The van der Waals surface area contributed by atoms with Gasteiger partial charge >= 0.3 is 0 Å². The minimum atomic E-state index is -0.282. The molecule has 5 heteroatoms. The Morgan fingerprint density at radius 2 is 2.06 bits per heavy atom. The number of hydrogen-bond acceptors (Lipinski definition) is 3. The Hall–Kier alpha value is -2.43. The quantitative estimate of drug-likeness (QED) is 0.671. The molecule has 3 aromatic rings. The SMILES string of the molecule is Nc1[nH]nc2ncc(-c3ccccc3F)cc12. The van der Waals surface area contributed by atoms with Crippen molar-refractivity contribution in [2.45, 2.75) is 0 Å². The van der Waals surface area contributed by atoms with Crippen molar-refractivity contribution in [2.24, 2.45) is 0 Å². The Morgan fingerprint density at radius 1 is 1.24 bits per heavy atom. The predicted octanol–water partition coefficient (Wildman–Crippen LogP) is 2.35. The van der Waals surface area contributed by atoms with E-state index in [-0.39, 0.29) is 5.82 Å². The van der Waals surface area contributed by atoms with Gasteiger partial charge in [-0.25, -0.2) is 9.37 Å². The van der Waals surface area contributed by atoms with Crippen LogP contribution >= 0.6 is 0 Å². The van der Waals surface area contributed by atoms with Gasteiger partial charge < -0.3 is 5.73 Å². The van der Waals surface area contributed by atoms with Crippen LogP contribution in [0.5, 0.6) is 0 Å². The van der Waals surface area contributed by atoms with Crippen LogP contribution in [0.25, 0.3) is 22.2 Å². The number of benzene rings is 1. The molecule has 17 heavy (non-hydrogen) atoms. The number of H-pyrrole nitrogens is 1. The maximum Gasteiger partial charge on any atom is 0.183 e. The van der Waals surface area contributed by atoms with Crippen molar-refractivity contribution in [2.75, 3.05) is 5.73 Å². The van der Waals surface area contributed by atoms with E-state index >= 15 is 0 Å². The highest BCUT2D eigenvalue weighted by Crippen LogP contribution is 2.26. The second-order valence-corrected chi connectivity index (χ2v) is 3.71. The zero-order valence-electron chi connectivity index (χ0n) is 8.81. The molecular formula is C12H9FN4. The fourth-order valence-electron chi connectivity index (χ4n) is 1.76. The van der Waals surface area contributed by atoms with Crippen LogP contribution in [0.3, 0.4) is 0 Å². The molecule has 0 saturated carbocycles. The van der Waals surface area contributed by atoms with Crippen LogP contribution in [0.4, 0.5) is 10.2 Å². The number of nitrogen functional groups attached to an aromatic ring is 1. The first-order chi connectivity index (χ1) is 8.25. The van der Waals surface area contributed by atoms with Crippen molar-refractivity contribution in [1.82, 2.24) is 15.2 Å². The summed E-state index contributed by atoms with van der Waals surface area (Å²) in [5.41, 5.74) is 7.43. The van der Waals surface area contributed by atoms with Crippen LogP contribution in [-0.4, -0.2) is 15.2 Å². The van der Waals surface area contributed by atoms with Crippen molar-refractivity contribution < 1.29 is 4.39 Å². The lowest BCUT2D eigenvalue weighted by atomic mass is 10.1. The number of nitrogens with one attached hydrogen (secondary N) is 1. The molecule has 3 N–H and O–H groups in total. The lowest BCUT2D eigenvalue weighted by Gasteiger charge is -2.02. The molecule has 0 aliphatic heterocycles. The molecule has 3 rings (SSSR count). The zero-order valence-corrected chi connectivity index (χ0v) is 8.81. The van der Waals surface area contributed by atoms with E-state index in [1.165, 1.54) is 6.07 Å². The summed E-state index contributed by atoms with van der Waals surface area (Å²) in [6, 6.07) is 8.32. The van der Waals surface area contributed by atoms with Gasteiger partial charge in [0.2, 0.25) is 0 Å². The maximum absolute atomic E-state index is 13.6. The molecular weight excluding hydrogens is 219 g/mol. The van der Waals surface area contributed by atoms with Gasteiger partial charge in [-0.3, -0.25) is 5.10 Å². The molecule has 0 spiro atoms. The van der Waals surface area contributed by atoms with Gasteiger partial charge in [0.1, 0.15) is 11.6 Å². The molecule has 84 valence electrons. The molecule has 0 unspecified atom stereocenters. The van der Waals surface area contributed by atoms with Gasteiger partial charge in [0.25, 0.3) is 0 Å².